The maximum absolute atomic E-state index is 13.1. The third kappa shape index (κ3) is 4.72. The van der Waals surface area contributed by atoms with Crippen LogP contribution in [0.5, 0.6) is 5.75 Å². The van der Waals surface area contributed by atoms with E-state index in [0.717, 1.165) is 5.39 Å². The molecule has 0 saturated heterocycles. The van der Waals surface area contributed by atoms with Crippen LogP contribution in [0.3, 0.4) is 0 Å². The summed E-state index contributed by atoms with van der Waals surface area (Å²) in [5.41, 5.74) is 2.30. The van der Waals surface area contributed by atoms with Crippen LogP contribution in [-0.4, -0.2) is 29.9 Å². The Morgan fingerprint density at radius 3 is 2.71 bits per heavy atom. The van der Waals surface area contributed by atoms with Crippen molar-refractivity contribution in [1.82, 2.24) is 10.3 Å². The summed E-state index contributed by atoms with van der Waals surface area (Å²) in [6, 6.07) is 19.7. The molecule has 0 aliphatic heterocycles. The lowest BCUT2D eigenvalue weighted by molar-refractivity contribution is -0.122. The van der Waals surface area contributed by atoms with Gasteiger partial charge in [0, 0.05) is 23.7 Å². The van der Waals surface area contributed by atoms with Gasteiger partial charge in [0.15, 0.2) is 12.4 Å². The highest BCUT2D eigenvalue weighted by Gasteiger charge is 2.15. The summed E-state index contributed by atoms with van der Waals surface area (Å²) in [6.07, 6.45) is 1.57. The molecular formula is C24H21N3O4. The first-order valence-electron chi connectivity index (χ1n) is 9.88. The molecule has 156 valence electrons. The summed E-state index contributed by atoms with van der Waals surface area (Å²) in [7, 11) is 0. The Bertz CT molecular complexity index is 1220. The van der Waals surface area contributed by atoms with E-state index in [-0.39, 0.29) is 18.4 Å². The third-order valence-electron chi connectivity index (χ3n) is 4.57. The number of rotatable bonds is 7. The summed E-state index contributed by atoms with van der Waals surface area (Å²) in [6.45, 7) is 2.29. The molecule has 0 fully saturated rings. The van der Waals surface area contributed by atoms with Gasteiger partial charge in [-0.2, -0.15) is 0 Å². The van der Waals surface area contributed by atoms with Crippen molar-refractivity contribution in [3.8, 4) is 17.2 Å². The molecule has 0 unspecified atom stereocenters. The number of anilines is 1. The van der Waals surface area contributed by atoms with E-state index in [1.54, 1.807) is 48.7 Å². The molecule has 0 spiro atoms. The Morgan fingerprint density at radius 2 is 1.90 bits per heavy atom. The number of carbonyl (C=O) groups excluding carboxylic acids is 2. The average Bonchev–Trinajstić information content (AvgIpc) is 3.32. The first kappa shape index (κ1) is 20.2. The van der Waals surface area contributed by atoms with Gasteiger partial charge >= 0.3 is 0 Å². The van der Waals surface area contributed by atoms with Crippen molar-refractivity contribution in [1.29, 1.82) is 0 Å². The Hall–Kier alpha value is -4.13. The van der Waals surface area contributed by atoms with Crippen LogP contribution in [0.25, 0.3) is 22.4 Å². The van der Waals surface area contributed by atoms with Crippen LogP contribution in [0.2, 0.25) is 0 Å². The monoisotopic (exact) mass is 415 g/mol. The first-order chi connectivity index (χ1) is 15.1. The lowest BCUT2D eigenvalue weighted by atomic mass is 10.1. The van der Waals surface area contributed by atoms with Crippen molar-refractivity contribution in [2.45, 2.75) is 6.92 Å². The van der Waals surface area contributed by atoms with E-state index in [4.69, 9.17) is 9.15 Å². The number of para-hydroxylation sites is 1. The van der Waals surface area contributed by atoms with Gasteiger partial charge < -0.3 is 19.8 Å². The number of fused-ring (bicyclic) bond motifs is 1. The zero-order chi connectivity index (χ0) is 21.6. The number of likely N-dealkylation sites (N-methyl/N-ethyl adjacent to an activating group) is 1. The predicted octanol–water partition coefficient (Wildman–Crippen LogP) is 4.26. The molecule has 0 atom stereocenters. The van der Waals surface area contributed by atoms with Gasteiger partial charge in [-0.3, -0.25) is 9.59 Å². The molecule has 2 heterocycles. The number of ether oxygens (including phenoxy) is 1. The normalized spacial score (nSPS) is 10.6. The maximum Gasteiger partial charge on any atom is 0.257 e. The molecule has 4 aromatic rings. The lowest BCUT2D eigenvalue weighted by Crippen LogP contribution is -2.28. The molecule has 0 radical (unpaired) electrons. The number of furan rings is 1. The van der Waals surface area contributed by atoms with Crippen LogP contribution in [0.4, 0.5) is 5.69 Å². The van der Waals surface area contributed by atoms with Crippen molar-refractivity contribution in [2.75, 3.05) is 18.5 Å². The van der Waals surface area contributed by atoms with Crippen LogP contribution in [-0.2, 0) is 4.79 Å². The molecule has 2 aromatic heterocycles. The molecule has 0 saturated carbocycles. The Morgan fingerprint density at radius 1 is 1.03 bits per heavy atom. The SMILES string of the molecule is CCNC(=O)COc1cccc(NC(=O)c2cc(-c3ccco3)nc3ccccc23)c1. The molecular weight excluding hydrogens is 394 g/mol. The highest BCUT2D eigenvalue weighted by Crippen LogP contribution is 2.26. The van der Waals surface area contributed by atoms with Gasteiger partial charge in [0.05, 0.1) is 17.3 Å². The molecule has 0 bridgehead atoms. The van der Waals surface area contributed by atoms with E-state index in [1.165, 1.54) is 0 Å². The number of aromatic nitrogens is 1. The van der Waals surface area contributed by atoms with Crippen LogP contribution < -0.4 is 15.4 Å². The van der Waals surface area contributed by atoms with Crippen molar-refractivity contribution < 1.29 is 18.7 Å². The van der Waals surface area contributed by atoms with Gasteiger partial charge in [0.25, 0.3) is 11.8 Å². The van der Waals surface area contributed by atoms with Crippen LogP contribution >= 0.6 is 0 Å². The summed E-state index contributed by atoms with van der Waals surface area (Å²) in [5, 5.41) is 6.30. The molecule has 4 rings (SSSR count). The topological polar surface area (TPSA) is 93.5 Å². The molecule has 2 aromatic carbocycles. The summed E-state index contributed by atoms with van der Waals surface area (Å²) in [4.78, 5) is 29.3. The quantitative estimate of drug-likeness (QED) is 0.470. The van der Waals surface area contributed by atoms with Crippen LogP contribution in [0, 0.1) is 0 Å². The number of hydrogen-bond donors (Lipinski definition) is 2. The van der Waals surface area contributed by atoms with E-state index in [1.807, 2.05) is 31.2 Å². The van der Waals surface area contributed by atoms with Crippen LogP contribution in [0.1, 0.15) is 17.3 Å². The molecule has 0 aliphatic rings. The van der Waals surface area contributed by atoms with Gasteiger partial charge in [-0.15, -0.1) is 0 Å². The zero-order valence-corrected chi connectivity index (χ0v) is 16.9. The number of carbonyl (C=O) groups is 2. The second-order valence-corrected chi connectivity index (χ2v) is 6.77. The molecule has 7 heteroatoms. The van der Waals surface area contributed by atoms with Gasteiger partial charge in [0.2, 0.25) is 0 Å². The van der Waals surface area contributed by atoms with Crippen LogP contribution in [0.15, 0.2) is 77.4 Å². The van der Waals surface area contributed by atoms with Crippen molar-refractivity contribution in [3.05, 3.63) is 78.6 Å². The number of benzene rings is 2. The number of nitrogens with zero attached hydrogens (tertiary/aromatic N) is 1. The number of amides is 2. The van der Waals surface area contributed by atoms with Crippen molar-refractivity contribution in [2.24, 2.45) is 0 Å². The summed E-state index contributed by atoms with van der Waals surface area (Å²) < 4.78 is 11.0. The third-order valence-corrected chi connectivity index (χ3v) is 4.57. The number of pyridine rings is 1. The predicted molar refractivity (Wildman–Crippen MR) is 118 cm³/mol. The van der Waals surface area contributed by atoms with E-state index < -0.39 is 0 Å². The summed E-state index contributed by atoms with van der Waals surface area (Å²) >= 11 is 0. The van der Waals surface area contributed by atoms with E-state index in [2.05, 4.69) is 15.6 Å². The number of nitrogens with one attached hydrogen (secondary N) is 2. The number of hydrogen-bond acceptors (Lipinski definition) is 5. The van der Waals surface area contributed by atoms with Gasteiger partial charge in [-0.1, -0.05) is 24.3 Å². The van der Waals surface area contributed by atoms with Crippen molar-refractivity contribution in [3.63, 3.8) is 0 Å². The lowest BCUT2D eigenvalue weighted by Gasteiger charge is -2.11. The largest absolute Gasteiger partial charge is 0.484 e. The average molecular weight is 415 g/mol. The fourth-order valence-corrected chi connectivity index (χ4v) is 3.17. The minimum absolute atomic E-state index is 0.0905. The minimum Gasteiger partial charge on any atom is -0.484 e. The van der Waals surface area contributed by atoms with Gasteiger partial charge in [-0.25, -0.2) is 4.98 Å². The molecule has 0 aliphatic carbocycles. The smallest absolute Gasteiger partial charge is 0.257 e. The van der Waals surface area contributed by atoms with Gasteiger partial charge in [-0.05, 0) is 43.3 Å². The molecule has 2 amide bonds. The maximum atomic E-state index is 13.1. The Kier molecular flexibility index (Phi) is 5.93. The Balaban J connectivity index is 1.59. The Labute approximate surface area is 179 Å². The zero-order valence-electron chi connectivity index (χ0n) is 16.9. The van der Waals surface area contributed by atoms with E-state index >= 15 is 0 Å². The minimum atomic E-state index is -0.285. The summed E-state index contributed by atoms with van der Waals surface area (Å²) in [5.74, 6) is 0.582. The standard InChI is InChI=1S/C24H21N3O4/c1-2-25-23(28)15-31-17-8-5-7-16(13-17)26-24(29)19-14-21(22-11-6-12-30-22)27-20-10-4-3-9-18(19)20/h3-14H,2,15H2,1H3,(H,25,28)(H,26,29). The van der Waals surface area contributed by atoms with E-state index in [9.17, 15) is 9.59 Å². The second-order valence-electron chi connectivity index (χ2n) is 6.77. The molecule has 2 N–H and O–H groups in total. The molecule has 7 nitrogen and oxygen atoms in total. The van der Waals surface area contributed by atoms with Crippen molar-refractivity contribution >= 4 is 28.4 Å². The highest BCUT2D eigenvalue weighted by molar-refractivity contribution is 6.13. The van der Waals surface area contributed by atoms with Gasteiger partial charge in [0.1, 0.15) is 11.4 Å². The van der Waals surface area contributed by atoms with E-state index in [0.29, 0.717) is 40.5 Å². The fourth-order valence-electron chi connectivity index (χ4n) is 3.17. The fraction of sp³-hybridized carbons (Fsp3) is 0.125. The first-order valence-corrected chi connectivity index (χ1v) is 9.88. The molecule has 31 heavy (non-hydrogen) atoms. The second kappa shape index (κ2) is 9.13. The highest BCUT2D eigenvalue weighted by atomic mass is 16.5.